The number of carbonyl (C=O) groups excluding carboxylic acids is 2. The summed E-state index contributed by atoms with van der Waals surface area (Å²) in [5.41, 5.74) is 1.77. The number of β-lactam (4-membered cyclic amide) rings is 1. The number of carbonyl (C=O) groups is 2. The molecule has 1 aliphatic heterocycles. The molecule has 1 aromatic rings. The minimum Gasteiger partial charge on any atom is -0.497 e. The zero-order valence-corrected chi connectivity index (χ0v) is 17.9. The number of aldehydes is 1. The molecule has 6 heteroatoms. The van der Waals surface area contributed by atoms with Crippen molar-refractivity contribution in [2.24, 2.45) is 0 Å². The molecule has 1 amide bonds. The van der Waals surface area contributed by atoms with Gasteiger partial charge in [0.25, 0.3) is 5.91 Å². The molecular formula is C20H31NO4Si. The summed E-state index contributed by atoms with van der Waals surface area (Å²) >= 11 is 0. The van der Waals surface area contributed by atoms with Crippen LogP contribution in [0.3, 0.4) is 0 Å². The molecule has 2 atom stereocenters. The van der Waals surface area contributed by atoms with Crippen LogP contribution in [0.5, 0.6) is 5.75 Å². The maximum absolute atomic E-state index is 12.9. The molecule has 1 aliphatic rings. The van der Waals surface area contributed by atoms with Crippen LogP contribution in [0.15, 0.2) is 24.3 Å². The lowest BCUT2D eigenvalue weighted by Gasteiger charge is -2.51. The Kier molecular flexibility index (Phi) is 6.29. The number of amides is 1. The monoisotopic (exact) mass is 377 g/mol. The van der Waals surface area contributed by atoms with E-state index in [-0.39, 0.29) is 5.91 Å². The molecule has 1 heterocycles. The standard InChI is InChI=1S/C20H31NO4Si/c1-13(2)26(14(3)4,15(5)6)25-19-18(12-22)21(20(19)23)16-8-10-17(24-7)11-9-16/h8-15,18-19H,1-7H3/t18-,19+/m0/s1. The van der Waals surface area contributed by atoms with Gasteiger partial charge in [0.1, 0.15) is 18.1 Å². The van der Waals surface area contributed by atoms with E-state index in [1.54, 1.807) is 31.4 Å². The summed E-state index contributed by atoms with van der Waals surface area (Å²) < 4.78 is 11.7. The number of ether oxygens (including phenoxy) is 1. The lowest BCUT2D eigenvalue weighted by atomic mass is 9.98. The van der Waals surface area contributed by atoms with Gasteiger partial charge in [-0.05, 0) is 40.9 Å². The van der Waals surface area contributed by atoms with Crippen LogP contribution in [0.25, 0.3) is 0 Å². The molecule has 0 unspecified atom stereocenters. The second kappa shape index (κ2) is 7.92. The number of rotatable bonds is 8. The zero-order valence-electron chi connectivity index (χ0n) is 16.9. The summed E-state index contributed by atoms with van der Waals surface area (Å²) in [6.07, 6.45) is 0.157. The summed E-state index contributed by atoms with van der Waals surface area (Å²) in [7, 11) is -0.639. The van der Waals surface area contributed by atoms with Gasteiger partial charge in [-0.25, -0.2) is 0 Å². The number of hydrogen-bond donors (Lipinski definition) is 0. The highest BCUT2D eigenvalue weighted by atomic mass is 28.4. The summed E-state index contributed by atoms with van der Waals surface area (Å²) in [6.45, 7) is 13.0. The van der Waals surface area contributed by atoms with E-state index in [1.807, 2.05) is 0 Å². The molecule has 0 N–H and O–H groups in total. The maximum atomic E-state index is 12.9. The van der Waals surface area contributed by atoms with Gasteiger partial charge in [-0.3, -0.25) is 9.69 Å². The molecule has 0 saturated carbocycles. The van der Waals surface area contributed by atoms with Crippen molar-refractivity contribution in [1.29, 1.82) is 0 Å². The van der Waals surface area contributed by atoms with E-state index < -0.39 is 20.5 Å². The van der Waals surface area contributed by atoms with Gasteiger partial charge in [0.2, 0.25) is 8.32 Å². The quantitative estimate of drug-likeness (QED) is 0.388. The van der Waals surface area contributed by atoms with Gasteiger partial charge in [-0.1, -0.05) is 41.5 Å². The fourth-order valence-corrected chi connectivity index (χ4v) is 9.90. The predicted octanol–water partition coefficient (Wildman–Crippen LogP) is 4.17. The van der Waals surface area contributed by atoms with Crippen LogP contribution in [-0.4, -0.2) is 39.8 Å². The molecule has 2 rings (SSSR count). The Morgan fingerprint density at radius 3 is 1.88 bits per heavy atom. The Hall–Kier alpha value is -1.66. The molecule has 5 nitrogen and oxygen atoms in total. The second-order valence-electron chi connectivity index (χ2n) is 7.89. The third-order valence-corrected chi connectivity index (χ3v) is 11.7. The number of nitrogens with zero attached hydrogens (tertiary/aromatic N) is 1. The van der Waals surface area contributed by atoms with Gasteiger partial charge in [-0.15, -0.1) is 0 Å². The molecule has 26 heavy (non-hydrogen) atoms. The van der Waals surface area contributed by atoms with Crippen molar-refractivity contribution >= 4 is 26.2 Å². The number of hydrogen-bond acceptors (Lipinski definition) is 4. The molecule has 0 aliphatic carbocycles. The minimum absolute atomic E-state index is 0.133. The van der Waals surface area contributed by atoms with Gasteiger partial charge in [0, 0.05) is 5.69 Å². The van der Waals surface area contributed by atoms with Gasteiger partial charge < -0.3 is 14.0 Å². The Bertz CT molecular complexity index is 620. The van der Waals surface area contributed by atoms with E-state index >= 15 is 0 Å². The van der Waals surface area contributed by atoms with Crippen molar-refractivity contribution in [3.8, 4) is 5.75 Å². The molecule has 0 spiro atoms. The fourth-order valence-electron chi connectivity index (χ4n) is 4.41. The Morgan fingerprint density at radius 2 is 1.50 bits per heavy atom. The molecule has 0 bridgehead atoms. The summed E-state index contributed by atoms with van der Waals surface area (Å²) in [6, 6.07) is 6.59. The van der Waals surface area contributed by atoms with Crippen LogP contribution in [0.1, 0.15) is 41.5 Å². The van der Waals surface area contributed by atoms with Crippen LogP contribution < -0.4 is 9.64 Å². The van der Waals surface area contributed by atoms with E-state index in [0.717, 1.165) is 6.29 Å². The Labute approximate surface area is 157 Å². The Balaban J connectivity index is 2.28. The van der Waals surface area contributed by atoms with E-state index in [0.29, 0.717) is 28.1 Å². The van der Waals surface area contributed by atoms with Crippen LogP contribution in [0.2, 0.25) is 16.6 Å². The van der Waals surface area contributed by atoms with Crippen LogP contribution in [0.4, 0.5) is 5.69 Å². The van der Waals surface area contributed by atoms with E-state index in [1.165, 1.54) is 4.90 Å². The largest absolute Gasteiger partial charge is 0.497 e. The summed E-state index contributed by atoms with van der Waals surface area (Å²) in [5, 5.41) is 0. The van der Waals surface area contributed by atoms with E-state index in [9.17, 15) is 9.59 Å². The normalized spacial score (nSPS) is 20.7. The number of anilines is 1. The molecule has 0 aromatic heterocycles. The van der Waals surface area contributed by atoms with Crippen molar-refractivity contribution < 1.29 is 18.8 Å². The molecule has 144 valence electrons. The summed E-state index contributed by atoms with van der Waals surface area (Å²) in [5.74, 6) is 0.578. The zero-order chi connectivity index (χ0) is 19.6. The molecule has 1 fully saturated rings. The van der Waals surface area contributed by atoms with Gasteiger partial charge >= 0.3 is 0 Å². The van der Waals surface area contributed by atoms with Crippen molar-refractivity contribution in [2.45, 2.75) is 70.3 Å². The lowest BCUT2D eigenvalue weighted by molar-refractivity contribution is -0.139. The highest BCUT2D eigenvalue weighted by Crippen LogP contribution is 2.45. The van der Waals surface area contributed by atoms with Crippen molar-refractivity contribution in [1.82, 2.24) is 0 Å². The topological polar surface area (TPSA) is 55.8 Å². The van der Waals surface area contributed by atoms with Gasteiger partial charge in [0.15, 0.2) is 6.10 Å². The second-order valence-corrected chi connectivity index (χ2v) is 13.3. The average molecular weight is 378 g/mol. The van der Waals surface area contributed by atoms with E-state index in [2.05, 4.69) is 41.5 Å². The van der Waals surface area contributed by atoms with Gasteiger partial charge in [-0.2, -0.15) is 0 Å². The number of methoxy groups -OCH3 is 1. The highest BCUT2D eigenvalue weighted by Gasteiger charge is 2.55. The molecule has 1 saturated heterocycles. The van der Waals surface area contributed by atoms with Crippen molar-refractivity contribution in [2.75, 3.05) is 12.0 Å². The third kappa shape index (κ3) is 3.32. The Morgan fingerprint density at radius 1 is 1.00 bits per heavy atom. The van der Waals surface area contributed by atoms with Crippen LogP contribution >= 0.6 is 0 Å². The fraction of sp³-hybridized carbons (Fsp3) is 0.600. The third-order valence-electron chi connectivity index (χ3n) is 5.62. The first-order valence-electron chi connectivity index (χ1n) is 9.30. The van der Waals surface area contributed by atoms with Crippen molar-refractivity contribution in [3.63, 3.8) is 0 Å². The molecular weight excluding hydrogens is 346 g/mol. The summed E-state index contributed by atoms with van der Waals surface area (Å²) in [4.78, 5) is 26.2. The SMILES string of the molecule is COc1ccc(N2C(=O)[C@H](O[Si](C(C)C)(C(C)C)C(C)C)[C@@H]2C=O)cc1. The van der Waals surface area contributed by atoms with Crippen molar-refractivity contribution in [3.05, 3.63) is 24.3 Å². The van der Waals surface area contributed by atoms with E-state index in [4.69, 9.17) is 9.16 Å². The number of benzene rings is 1. The first-order valence-corrected chi connectivity index (χ1v) is 11.4. The van der Waals surface area contributed by atoms with Crippen LogP contribution in [-0.2, 0) is 14.0 Å². The average Bonchev–Trinajstić information content (AvgIpc) is 2.59. The first-order chi connectivity index (χ1) is 12.2. The van der Waals surface area contributed by atoms with Gasteiger partial charge in [0.05, 0.1) is 7.11 Å². The highest BCUT2D eigenvalue weighted by molar-refractivity contribution is 6.77. The first kappa shape index (κ1) is 20.6. The smallest absolute Gasteiger partial charge is 0.258 e. The molecule has 0 radical (unpaired) electrons. The predicted molar refractivity (Wildman–Crippen MR) is 106 cm³/mol. The van der Waals surface area contributed by atoms with Crippen LogP contribution in [0, 0.1) is 0 Å². The maximum Gasteiger partial charge on any atom is 0.258 e. The lowest BCUT2D eigenvalue weighted by Crippen LogP contribution is -2.70. The molecule has 1 aromatic carbocycles. The minimum atomic E-state index is -2.23.